The second-order valence-electron chi connectivity index (χ2n) is 14.2. The van der Waals surface area contributed by atoms with E-state index >= 15 is 0 Å². The number of aryl methyl sites for hydroxylation is 1. The number of aromatic nitrogens is 2. The number of nitrogens with zero attached hydrogens (tertiary/aromatic N) is 2. The minimum Gasteiger partial charge on any atom is -0.512 e. The predicted octanol–water partition coefficient (Wildman–Crippen LogP) is 12.5. The second kappa shape index (κ2) is 14.5. The number of aliphatic hydroxyl groups is 1. The van der Waals surface area contributed by atoms with Gasteiger partial charge in [0.25, 0.3) is 0 Å². The zero-order valence-corrected chi connectivity index (χ0v) is 33.8. The summed E-state index contributed by atoms with van der Waals surface area (Å²) in [6, 6.07) is 12.3. The van der Waals surface area contributed by atoms with Gasteiger partial charge in [-0.25, -0.2) is 4.98 Å². The maximum atomic E-state index is 12.2. The van der Waals surface area contributed by atoms with Gasteiger partial charge in [0.05, 0.1) is 6.26 Å². The molecule has 5 nitrogen and oxygen atoms in total. The molecule has 4 aromatic heterocycles. The number of furan rings is 1. The van der Waals surface area contributed by atoms with Crippen LogP contribution in [0.25, 0.3) is 52.6 Å². The summed E-state index contributed by atoms with van der Waals surface area (Å²) in [5, 5.41) is 16.9. The van der Waals surface area contributed by atoms with Crippen molar-refractivity contribution in [2.24, 2.45) is 10.8 Å². The number of hydrogen-bond donors (Lipinski definition) is 1. The van der Waals surface area contributed by atoms with Gasteiger partial charge in [0, 0.05) is 58.2 Å². The normalized spacial score (nSPS) is 12.8. The van der Waals surface area contributed by atoms with E-state index < -0.39 is 0 Å². The molecular formula is C40H47IrN2O3S2-. The first-order chi connectivity index (χ1) is 22.2. The number of aliphatic hydroxyl groups excluding tert-OH is 1. The Kier molecular flexibility index (Phi) is 11.5. The van der Waals surface area contributed by atoms with Crippen molar-refractivity contribution in [3.63, 3.8) is 0 Å². The van der Waals surface area contributed by atoms with Gasteiger partial charge in [0.15, 0.2) is 5.78 Å². The molecule has 0 aliphatic rings. The van der Waals surface area contributed by atoms with E-state index in [2.05, 4.69) is 68.4 Å². The van der Waals surface area contributed by atoms with Crippen molar-refractivity contribution >= 4 is 69.8 Å². The number of hydrogen-bond acceptors (Lipinski definition) is 7. The topological polar surface area (TPSA) is 76.2 Å². The maximum absolute atomic E-state index is 12.2. The van der Waals surface area contributed by atoms with Gasteiger partial charge in [-0.1, -0.05) is 73.4 Å². The molecule has 0 aliphatic carbocycles. The molecule has 0 saturated heterocycles. The van der Waals surface area contributed by atoms with Crippen molar-refractivity contribution in [1.82, 2.24) is 9.97 Å². The van der Waals surface area contributed by atoms with Crippen molar-refractivity contribution in [1.29, 1.82) is 0 Å². The van der Waals surface area contributed by atoms with Crippen LogP contribution in [0.4, 0.5) is 0 Å². The zero-order valence-electron chi connectivity index (χ0n) is 29.8. The Bertz CT molecular complexity index is 2100. The number of rotatable bonds is 8. The van der Waals surface area contributed by atoms with Crippen LogP contribution < -0.4 is 0 Å². The molecule has 6 rings (SSSR count). The van der Waals surface area contributed by atoms with Gasteiger partial charge >= 0.3 is 0 Å². The molecule has 0 spiro atoms. The molecule has 8 heteroatoms. The smallest absolute Gasteiger partial charge is 0.164 e. The van der Waals surface area contributed by atoms with E-state index in [1.54, 1.807) is 29.0 Å². The second-order valence-corrected chi connectivity index (χ2v) is 16.1. The summed E-state index contributed by atoms with van der Waals surface area (Å²) < 4.78 is 8.24. The molecule has 1 radical (unpaired) electrons. The monoisotopic (exact) mass is 860 g/mol. The van der Waals surface area contributed by atoms with Gasteiger partial charge in [-0.15, -0.1) is 34.9 Å². The molecule has 0 amide bonds. The van der Waals surface area contributed by atoms with E-state index in [1.165, 1.54) is 31.8 Å². The largest absolute Gasteiger partial charge is 0.512 e. The summed E-state index contributed by atoms with van der Waals surface area (Å²) in [6.07, 6.45) is 8.26. The van der Waals surface area contributed by atoms with Crippen molar-refractivity contribution < 1.29 is 34.4 Å². The third kappa shape index (κ3) is 6.92. The van der Waals surface area contributed by atoms with Crippen LogP contribution in [0, 0.1) is 23.8 Å². The average Bonchev–Trinajstić information content (AvgIpc) is 3.79. The molecule has 0 unspecified atom stereocenters. The molecule has 0 fully saturated rings. The maximum Gasteiger partial charge on any atom is 0.164 e. The van der Waals surface area contributed by atoms with Crippen molar-refractivity contribution in [2.45, 2.75) is 100 Å². The molecule has 2 aromatic carbocycles. The van der Waals surface area contributed by atoms with Crippen LogP contribution in [-0.4, -0.2) is 20.9 Å². The number of fused-ring (bicyclic) bond motifs is 6. The Morgan fingerprint density at radius 1 is 0.938 bits per heavy atom. The first-order valence-corrected chi connectivity index (χ1v) is 18.3. The first-order valence-electron chi connectivity index (χ1n) is 16.6. The van der Waals surface area contributed by atoms with Crippen LogP contribution in [0.1, 0.15) is 99.1 Å². The average molecular weight is 860 g/mol. The number of benzene rings is 2. The molecule has 0 bridgehead atoms. The molecule has 0 atom stereocenters. The number of thiophene rings is 2. The van der Waals surface area contributed by atoms with Crippen molar-refractivity contribution in [2.75, 3.05) is 0 Å². The molecule has 0 aliphatic heterocycles. The van der Waals surface area contributed by atoms with Crippen LogP contribution in [0.3, 0.4) is 0 Å². The summed E-state index contributed by atoms with van der Waals surface area (Å²) in [5.41, 5.74) is 4.82. The number of allylic oxidation sites excluding steroid dienone is 2. The van der Waals surface area contributed by atoms with Gasteiger partial charge < -0.3 is 9.52 Å². The Morgan fingerprint density at radius 2 is 1.60 bits per heavy atom. The molecular weight excluding hydrogens is 813 g/mol. The number of carbonyl (C=O) groups is 1. The summed E-state index contributed by atoms with van der Waals surface area (Å²) >= 11 is 3.50. The fourth-order valence-electron chi connectivity index (χ4n) is 5.92. The van der Waals surface area contributed by atoms with Gasteiger partial charge in [-0.3, -0.25) is 9.78 Å². The zero-order chi connectivity index (χ0) is 34.3. The van der Waals surface area contributed by atoms with E-state index in [9.17, 15) is 9.90 Å². The van der Waals surface area contributed by atoms with Crippen LogP contribution in [0.5, 0.6) is 0 Å². The van der Waals surface area contributed by atoms with Crippen LogP contribution in [0.2, 0.25) is 0 Å². The molecule has 4 heterocycles. The third-order valence-electron chi connectivity index (χ3n) is 10.3. The fourth-order valence-corrected chi connectivity index (χ4v) is 8.24. The minimum absolute atomic E-state index is 0. The standard InChI is InChI=1S/C25H19N2OS2.C15H28O2.Ir/c1-13-11-28-18-6-5-16-20-21(26-12-27-24(20)30-23(16)19(13)18)15-9-14-7-8-29-22(14)17(10-15)25(2,3)4;1-7-14(5,8-2)12(16)11-13(17)15(6,9-3)10-4;/h5-8,10-12H,1-4H3;11,16H,7-10H2,1-6H3;/q-1;;/b;12-11-;. The molecule has 1 N–H and O–H groups in total. The minimum atomic E-state index is -0.337. The molecule has 48 heavy (non-hydrogen) atoms. The number of carbonyl (C=O) groups excluding carboxylic acids is 1. The van der Waals surface area contributed by atoms with Crippen LogP contribution in [0.15, 0.2) is 58.5 Å². The first kappa shape index (κ1) is 37.9. The van der Waals surface area contributed by atoms with E-state index in [1.807, 2.05) is 47.8 Å². The van der Waals surface area contributed by atoms with Crippen molar-refractivity contribution in [3.8, 4) is 11.3 Å². The molecule has 0 saturated carbocycles. The summed E-state index contributed by atoms with van der Waals surface area (Å²) in [7, 11) is 0. The Labute approximate surface area is 306 Å². The number of ketones is 1. The van der Waals surface area contributed by atoms with E-state index in [0.717, 1.165) is 63.7 Å². The molecule has 257 valence electrons. The van der Waals surface area contributed by atoms with Gasteiger partial charge in [-0.05, 0) is 71.2 Å². The Balaban J connectivity index is 0.000000251. The summed E-state index contributed by atoms with van der Waals surface area (Å²) in [4.78, 5) is 22.5. The van der Waals surface area contributed by atoms with Gasteiger partial charge in [0.2, 0.25) is 0 Å². The SMILES string of the molecule is CCC(C)(CC)C(=O)/C=C(\O)C(C)(CC)CC.Cc1coc2ccc3c(sc4ncnc(-c5[c-]c6ccsc6c(C(C)(C)C)c5)c43)c12.[Ir]. The summed E-state index contributed by atoms with van der Waals surface area (Å²) in [6.45, 7) is 21.0. The van der Waals surface area contributed by atoms with E-state index in [-0.39, 0.29) is 47.9 Å². The van der Waals surface area contributed by atoms with Crippen molar-refractivity contribution in [3.05, 3.63) is 71.3 Å². The van der Waals surface area contributed by atoms with Crippen LogP contribution in [-0.2, 0) is 30.3 Å². The van der Waals surface area contributed by atoms with Gasteiger partial charge in [-0.2, -0.15) is 11.3 Å². The fraction of sp³-hybridized carbons (Fsp3) is 0.425. The van der Waals surface area contributed by atoms with Crippen LogP contribution >= 0.6 is 22.7 Å². The van der Waals surface area contributed by atoms with Gasteiger partial charge in [0.1, 0.15) is 22.5 Å². The molecule has 6 aromatic rings. The third-order valence-corrected chi connectivity index (χ3v) is 12.4. The van der Waals surface area contributed by atoms with E-state index in [0.29, 0.717) is 0 Å². The summed E-state index contributed by atoms with van der Waals surface area (Å²) in [5.74, 6) is 0.286. The Hall–Kier alpha value is -2.90. The van der Waals surface area contributed by atoms with E-state index in [4.69, 9.17) is 9.40 Å². The quantitative estimate of drug-likeness (QED) is 0.0937. The predicted molar refractivity (Wildman–Crippen MR) is 201 cm³/mol. The Morgan fingerprint density at radius 3 is 2.23 bits per heavy atom.